The first kappa shape index (κ1) is 11.2. The van der Waals surface area contributed by atoms with Crippen LogP contribution < -0.4 is 5.32 Å². The molecule has 82 valence electrons. The van der Waals surface area contributed by atoms with E-state index in [1.807, 2.05) is 0 Å². The third-order valence-electron chi connectivity index (χ3n) is 1.88. The molecule has 6 heteroatoms. The quantitative estimate of drug-likeness (QED) is 0.619. The molecule has 1 fully saturated rings. The fourth-order valence-electron chi connectivity index (χ4n) is 1.17. The number of nitrogens with one attached hydrogen (secondary N) is 1. The van der Waals surface area contributed by atoms with Gasteiger partial charge in [0, 0.05) is 0 Å². The van der Waals surface area contributed by atoms with Crippen LogP contribution in [0.15, 0.2) is 23.1 Å². The van der Waals surface area contributed by atoms with Crippen LogP contribution in [0.25, 0.3) is 6.08 Å². The minimum absolute atomic E-state index is 0.320. The molecule has 0 unspecified atom stereocenters. The number of thiocarbonyl (C=S) groups is 1. The SMILES string of the molecule is O=C1NC(=S)SC1=Cc1ccc(F)c(F)c1. The van der Waals surface area contributed by atoms with E-state index >= 15 is 0 Å². The summed E-state index contributed by atoms with van der Waals surface area (Å²) < 4.78 is 25.9. The van der Waals surface area contributed by atoms with Crippen molar-refractivity contribution in [3.8, 4) is 0 Å². The Kier molecular flexibility index (Phi) is 3.02. The van der Waals surface area contributed by atoms with Gasteiger partial charge in [-0.15, -0.1) is 0 Å². The first-order valence-electron chi connectivity index (χ1n) is 4.26. The van der Waals surface area contributed by atoms with Gasteiger partial charge in [0.25, 0.3) is 5.91 Å². The van der Waals surface area contributed by atoms with Crippen LogP contribution in [0.1, 0.15) is 5.56 Å². The van der Waals surface area contributed by atoms with Gasteiger partial charge in [-0.1, -0.05) is 30.0 Å². The van der Waals surface area contributed by atoms with Gasteiger partial charge in [0.2, 0.25) is 0 Å². The molecule has 1 heterocycles. The third-order valence-corrected chi connectivity index (χ3v) is 3.05. The minimum atomic E-state index is -0.944. The zero-order valence-corrected chi connectivity index (χ0v) is 9.42. The van der Waals surface area contributed by atoms with Gasteiger partial charge in [-0.3, -0.25) is 4.79 Å². The third kappa shape index (κ3) is 2.28. The second-order valence-electron chi connectivity index (χ2n) is 3.03. The van der Waals surface area contributed by atoms with Crippen LogP contribution >= 0.6 is 24.0 Å². The molecule has 16 heavy (non-hydrogen) atoms. The number of hydrogen-bond donors (Lipinski definition) is 1. The Morgan fingerprint density at radius 1 is 1.31 bits per heavy atom. The maximum absolute atomic E-state index is 12.9. The fraction of sp³-hybridized carbons (Fsp3) is 0. The molecule has 0 spiro atoms. The van der Waals surface area contributed by atoms with Gasteiger partial charge < -0.3 is 5.32 Å². The van der Waals surface area contributed by atoms with E-state index in [2.05, 4.69) is 5.32 Å². The van der Waals surface area contributed by atoms with E-state index in [-0.39, 0.29) is 5.91 Å². The summed E-state index contributed by atoms with van der Waals surface area (Å²) in [6.07, 6.45) is 1.46. The summed E-state index contributed by atoms with van der Waals surface area (Å²) in [6, 6.07) is 3.43. The Morgan fingerprint density at radius 3 is 2.62 bits per heavy atom. The summed E-state index contributed by atoms with van der Waals surface area (Å²) in [5.41, 5.74) is 0.418. The van der Waals surface area contributed by atoms with Crippen molar-refractivity contribution in [1.82, 2.24) is 5.32 Å². The monoisotopic (exact) mass is 257 g/mol. The number of carbonyl (C=O) groups excluding carboxylic acids is 1. The highest BCUT2D eigenvalue weighted by molar-refractivity contribution is 8.26. The molecule has 2 nitrogen and oxygen atoms in total. The second-order valence-corrected chi connectivity index (χ2v) is 4.74. The highest BCUT2D eigenvalue weighted by Crippen LogP contribution is 2.26. The fourth-order valence-corrected chi connectivity index (χ4v) is 2.22. The van der Waals surface area contributed by atoms with E-state index in [9.17, 15) is 13.6 Å². The smallest absolute Gasteiger partial charge is 0.263 e. The number of carbonyl (C=O) groups is 1. The molecule has 2 rings (SSSR count). The Morgan fingerprint density at radius 2 is 2.06 bits per heavy atom. The predicted molar refractivity (Wildman–Crippen MR) is 62.7 cm³/mol. The average Bonchev–Trinajstić information content (AvgIpc) is 2.51. The summed E-state index contributed by atoms with van der Waals surface area (Å²) in [4.78, 5) is 11.7. The molecule has 0 atom stereocenters. The van der Waals surface area contributed by atoms with Crippen molar-refractivity contribution >= 4 is 40.3 Å². The summed E-state index contributed by atoms with van der Waals surface area (Å²) in [5, 5.41) is 2.43. The summed E-state index contributed by atoms with van der Waals surface area (Å²) in [6.45, 7) is 0. The highest BCUT2D eigenvalue weighted by atomic mass is 32.2. The Hall–Kier alpha value is -1.27. The van der Waals surface area contributed by atoms with Gasteiger partial charge >= 0.3 is 0 Å². The van der Waals surface area contributed by atoms with Crippen LogP contribution in [0.5, 0.6) is 0 Å². The van der Waals surface area contributed by atoms with E-state index in [1.54, 1.807) is 0 Å². The molecule has 1 aliphatic heterocycles. The first-order valence-corrected chi connectivity index (χ1v) is 5.48. The van der Waals surface area contributed by atoms with Crippen LogP contribution in [0, 0.1) is 11.6 Å². The van der Waals surface area contributed by atoms with Crippen LogP contribution in [-0.2, 0) is 4.79 Å². The minimum Gasteiger partial charge on any atom is -0.307 e. The lowest BCUT2D eigenvalue weighted by Gasteiger charge is -1.96. The second kappa shape index (κ2) is 4.31. The van der Waals surface area contributed by atoms with Gasteiger partial charge in [0.1, 0.15) is 4.32 Å². The molecule has 1 aromatic rings. The molecule has 0 aromatic heterocycles. The highest BCUT2D eigenvalue weighted by Gasteiger charge is 2.21. The van der Waals surface area contributed by atoms with Crippen LogP contribution in [-0.4, -0.2) is 10.2 Å². The predicted octanol–water partition coefficient (Wildman–Crippen LogP) is 2.45. The molecule has 1 aromatic carbocycles. The number of halogens is 2. The summed E-state index contributed by atoms with van der Waals surface area (Å²) in [7, 11) is 0. The van der Waals surface area contributed by atoms with Gasteiger partial charge in [-0.25, -0.2) is 8.78 Å². The van der Waals surface area contributed by atoms with E-state index in [4.69, 9.17) is 12.2 Å². The molecule has 0 aliphatic carbocycles. The summed E-state index contributed by atoms with van der Waals surface area (Å²) in [5.74, 6) is -2.18. The first-order chi connectivity index (χ1) is 7.56. The normalized spacial score (nSPS) is 18.0. The van der Waals surface area contributed by atoms with Gasteiger partial charge in [0.15, 0.2) is 11.6 Å². The van der Waals surface area contributed by atoms with Crippen LogP contribution in [0.2, 0.25) is 0 Å². The number of rotatable bonds is 1. The molecule has 0 radical (unpaired) electrons. The molecule has 1 N–H and O–H groups in total. The molecule has 0 bridgehead atoms. The molecular weight excluding hydrogens is 252 g/mol. The zero-order chi connectivity index (χ0) is 11.7. The van der Waals surface area contributed by atoms with Gasteiger partial charge in [0.05, 0.1) is 4.91 Å². The van der Waals surface area contributed by atoms with E-state index < -0.39 is 11.6 Å². The Balaban J connectivity index is 2.32. The molecule has 1 saturated heterocycles. The lowest BCUT2D eigenvalue weighted by molar-refractivity contribution is -0.115. The number of thioether (sulfide) groups is 1. The zero-order valence-electron chi connectivity index (χ0n) is 7.79. The molecule has 0 saturated carbocycles. The van der Waals surface area contributed by atoms with Crippen molar-refractivity contribution in [1.29, 1.82) is 0 Å². The molecule has 1 amide bonds. The maximum Gasteiger partial charge on any atom is 0.263 e. The topological polar surface area (TPSA) is 29.1 Å². The number of amides is 1. The Labute approximate surface area is 99.7 Å². The van der Waals surface area contributed by atoms with E-state index in [0.717, 1.165) is 23.9 Å². The van der Waals surface area contributed by atoms with Crippen molar-refractivity contribution in [3.63, 3.8) is 0 Å². The average molecular weight is 257 g/mol. The van der Waals surface area contributed by atoms with E-state index in [1.165, 1.54) is 12.1 Å². The van der Waals surface area contributed by atoms with E-state index in [0.29, 0.717) is 14.8 Å². The summed E-state index contributed by atoms with van der Waals surface area (Å²) >= 11 is 5.89. The lowest BCUT2D eigenvalue weighted by atomic mass is 10.2. The van der Waals surface area contributed by atoms with Crippen molar-refractivity contribution in [2.24, 2.45) is 0 Å². The maximum atomic E-state index is 12.9. The Bertz CT molecular complexity index is 514. The number of benzene rings is 1. The van der Waals surface area contributed by atoms with Crippen molar-refractivity contribution < 1.29 is 13.6 Å². The van der Waals surface area contributed by atoms with Crippen LogP contribution in [0.4, 0.5) is 8.78 Å². The standard InChI is InChI=1S/C10H5F2NOS2/c11-6-2-1-5(3-7(6)12)4-8-9(14)13-10(15)16-8/h1-4H,(H,13,14,15). The lowest BCUT2D eigenvalue weighted by Crippen LogP contribution is -2.17. The largest absolute Gasteiger partial charge is 0.307 e. The van der Waals surface area contributed by atoms with Crippen molar-refractivity contribution in [2.75, 3.05) is 0 Å². The van der Waals surface area contributed by atoms with Gasteiger partial charge in [-0.2, -0.15) is 0 Å². The van der Waals surface area contributed by atoms with Crippen molar-refractivity contribution in [3.05, 3.63) is 40.3 Å². The number of hydrogen-bond acceptors (Lipinski definition) is 3. The van der Waals surface area contributed by atoms with Crippen LogP contribution in [0.3, 0.4) is 0 Å². The van der Waals surface area contributed by atoms with Gasteiger partial charge in [-0.05, 0) is 23.8 Å². The van der Waals surface area contributed by atoms with Crippen molar-refractivity contribution in [2.45, 2.75) is 0 Å². The molecular formula is C10H5F2NOS2. The molecule has 1 aliphatic rings.